The third-order valence-electron chi connectivity index (χ3n) is 1.14. The minimum absolute atomic E-state index is 0. The van der Waals surface area contributed by atoms with Crippen LogP contribution in [0.1, 0.15) is 19.8 Å². The summed E-state index contributed by atoms with van der Waals surface area (Å²) < 4.78 is 0. The number of hydrogen-bond acceptors (Lipinski definition) is 0. The van der Waals surface area contributed by atoms with Crippen molar-refractivity contribution in [1.29, 1.82) is 0 Å². The smallest absolute Gasteiger partial charge is 0 e. The molecule has 10 radical (unpaired) electrons. The van der Waals surface area contributed by atoms with E-state index < -0.39 is 0 Å². The summed E-state index contributed by atoms with van der Waals surface area (Å²) >= 11 is 0. The van der Waals surface area contributed by atoms with Crippen molar-refractivity contribution in [3.63, 3.8) is 0 Å². The molecule has 76 valence electrons. The third-order valence-corrected chi connectivity index (χ3v) is 1.14. The quantitative estimate of drug-likeness (QED) is 0.264. The monoisotopic (exact) mass is 999 g/mol. The molecule has 0 spiro atoms. The molecule has 1 N–H and O–H groups in total. The molecule has 0 aliphatic heterocycles. The van der Waals surface area contributed by atoms with Gasteiger partial charge in [0.2, 0.25) is 0 Å². The van der Waals surface area contributed by atoms with E-state index in [4.69, 9.17) is 12.4 Å². The van der Waals surface area contributed by atoms with Crippen molar-refractivity contribution in [2.24, 2.45) is 5.92 Å². The Bertz CT molecular complexity index is 96.9. The van der Waals surface area contributed by atoms with Crippen LogP contribution in [0.25, 0.3) is 10.8 Å². The van der Waals surface area contributed by atoms with Crippen molar-refractivity contribution < 1.29 is 327 Å². The second-order valence-electron chi connectivity index (χ2n) is 1.98. The summed E-state index contributed by atoms with van der Waals surface area (Å²) in [6, 6.07) is 0. The zero-order chi connectivity index (χ0) is 6.41. The third kappa shape index (κ3) is 63.4. The molecule has 1 fully saturated rings. The van der Waals surface area contributed by atoms with Gasteiger partial charge in [-0.05, 0) is 0 Å². The zero-order valence-electron chi connectivity index (χ0n) is 10.8. The van der Waals surface area contributed by atoms with Gasteiger partial charge in [-0.25, -0.2) is 6.57 Å². The molecular weight excluding hydrogens is 989 g/mol. The largest absolute Gasteiger partial charge is 0.368 e. The van der Waals surface area contributed by atoms with Crippen molar-refractivity contribution in [3.05, 3.63) is 23.8 Å². The fourth-order valence-electron chi connectivity index (χ4n) is 0.500. The second kappa shape index (κ2) is 63.1. The molecule has 1 aliphatic rings. The first-order chi connectivity index (χ1) is 3.81. The molecule has 18 heavy (non-hydrogen) atoms. The Morgan fingerprint density at radius 3 is 0.944 bits per heavy atom. The minimum atomic E-state index is 0. The normalized spacial score (nSPS) is 7.56. The first kappa shape index (κ1) is 70.5. The summed E-state index contributed by atoms with van der Waals surface area (Å²) in [4.78, 5) is 2.00. The van der Waals surface area contributed by atoms with Crippen LogP contribution in [0.4, 0.5) is 0 Å². The molecule has 0 bridgehead atoms. The number of hydrogen-bond donors (Lipinski definition) is 0. The van der Waals surface area contributed by atoms with Gasteiger partial charge in [0.1, 0.15) is 0 Å². The molecule has 0 atom stereocenters. The molecule has 0 amide bonds. The SMILES string of the molecule is CC1C[CH-]C1.[C-]#[N+][NH-].[Y].[Y].[Y].[Y].[Y].[Y].[Y].[Y].[Y].[Y]. The molecule has 0 aromatic carbocycles. The first-order valence-electron chi connectivity index (χ1n) is 2.66. The number of nitrogens with one attached hydrogen (secondary N) is 1. The first-order valence-corrected chi connectivity index (χ1v) is 2.66. The summed E-state index contributed by atoms with van der Waals surface area (Å²) in [5.74, 6) is 6.51. The summed E-state index contributed by atoms with van der Waals surface area (Å²) in [5.41, 5.74) is 0. The van der Waals surface area contributed by atoms with Gasteiger partial charge in [-0.15, -0.1) is 0 Å². The van der Waals surface area contributed by atoms with Crippen LogP contribution in [-0.4, -0.2) is 0 Å². The molecule has 1 aliphatic carbocycles. The van der Waals surface area contributed by atoms with Crippen LogP contribution in [-0.2, 0) is 327 Å². The maximum absolute atomic E-state index is 5.50. The van der Waals surface area contributed by atoms with E-state index in [9.17, 15) is 0 Å². The van der Waals surface area contributed by atoms with Crippen molar-refractivity contribution in [2.45, 2.75) is 19.8 Å². The van der Waals surface area contributed by atoms with Crippen molar-refractivity contribution in [1.82, 2.24) is 0 Å². The Kier molecular flexibility index (Phi) is 247. The summed E-state index contributed by atoms with van der Waals surface area (Å²) in [6.45, 7) is 7.78. The molecule has 2 nitrogen and oxygen atoms in total. The predicted molar refractivity (Wildman–Crippen MR) is 33.6 cm³/mol. The molecular formula is C6H10N2Y10-2. The van der Waals surface area contributed by atoms with Gasteiger partial charge in [-0.1, -0.05) is 12.8 Å². The van der Waals surface area contributed by atoms with Gasteiger partial charge in [0.05, 0.1) is 0 Å². The van der Waals surface area contributed by atoms with Crippen LogP contribution in [0.15, 0.2) is 0 Å². The maximum Gasteiger partial charge on any atom is 0 e. The predicted octanol–water partition coefficient (Wildman–Crippen LogP) is 2.47. The van der Waals surface area contributed by atoms with Gasteiger partial charge in [0.15, 0.2) is 0 Å². The summed E-state index contributed by atoms with van der Waals surface area (Å²) in [5, 5.41) is 0. The maximum atomic E-state index is 5.50. The Hall–Kier alpha value is 10.3. The van der Waals surface area contributed by atoms with E-state index in [-0.39, 0.29) is 327 Å². The molecule has 1 saturated carbocycles. The number of nitrogens with zero attached hydrogens (tertiary/aromatic N) is 1. The topological polar surface area (TPSA) is 28.2 Å². The van der Waals surface area contributed by atoms with E-state index in [2.05, 4.69) is 13.3 Å². The molecule has 0 aromatic heterocycles. The van der Waals surface area contributed by atoms with Crippen molar-refractivity contribution in [3.8, 4) is 0 Å². The Balaban J connectivity index is -0.00000000403. The minimum Gasteiger partial charge on any atom is -0.368 e. The van der Waals surface area contributed by atoms with Crippen LogP contribution in [0.2, 0.25) is 0 Å². The van der Waals surface area contributed by atoms with E-state index in [0.717, 1.165) is 5.92 Å². The van der Waals surface area contributed by atoms with Crippen molar-refractivity contribution >= 4 is 0 Å². The molecule has 12 heteroatoms. The number of rotatable bonds is 0. The molecule has 0 saturated heterocycles. The van der Waals surface area contributed by atoms with Crippen LogP contribution in [0.3, 0.4) is 0 Å². The molecule has 0 heterocycles. The van der Waals surface area contributed by atoms with Gasteiger partial charge in [-0.2, -0.15) is 12.8 Å². The fraction of sp³-hybridized carbons (Fsp3) is 0.667. The molecule has 0 aromatic rings. The summed E-state index contributed by atoms with van der Waals surface area (Å²) in [6.07, 6.45) is 5.05. The van der Waals surface area contributed by atoms with Crippen molar-refractivity contribution in [2.75, 3.05) is 0 Å². The van der Waals surface area contributed by atoms with E-state index >= 15 is 0 Å². The van der Waals surface area contributed by atoms with E-state index in [0.29, 0.717) is 0 Å². The zero-order valence-corrected chi connectivity index (χ0v) is 39.2. The van der Waals surface area contributed by atoms with Gasteiger partial charge in [0, 0.05) is 327 Å². The van der Waals surface area contributed by atoms with E-state index in [1.807, 2.05) is 4.95 Å². The fourth-order valence-corrected chi connectivity index (χ4v) is 0.500. The van der Waals surface area contributed by atoms with E-state index in [1.54, 1.807) is 0 Å². The van der Waals surface area contributed by atoms with Crippen LogP contribution in [0, 0.1) is 18.9 Å². The van der Waals surface area contributed by atoms with Crippen LogP contribution < -0.4 is 0 Å². The van der Waals surface area contributed by atoms with Gasteiger partial charge < -0.3 is 17.2 Å². The van der Waals surface area contributed by atoms with Crippen LogP contribution >= 0.6 is 0 Å². The average Bonchev–Trinajstić information content (AvgIpc) is 1.64. The second-order valence-corrected chi connectivity index (χ2v) is 1.98. The Morgan fingerprint density at radius 1 is 0.833 bits per heavy atom. The molecule has 1 rings (SSSR count). The summed E-state index contributed by atoms with van der Waals surface area (Å²) in [7, 11) is 0. The average molecular weight is 999 g/mol. The van der Waals surface area contributed by atoms with Gasteiger partial charge in [-0.3, -0.25) is 0 Å². The Labute approximate surface area is 364 Å². The van der Waals surface area contributed by atoms with Gasteiger partial charge in [0.25, 0.3) is 0 Å². The van der Waals surface area contributed by atoms with Crippen LogP contribution in [0.5, 0.6) is 0 Å². The molecule has 0 unspecified atom stereocenters. The Morgan fingerprint density at radius 2 is 0.944 bits per heavy atom. The van der Waals surface area contributed by atoms with Gasteiger partial charge >= 0.3 is 0 Å². The standard InChI is InChI=1S/C5H9.CHN2.10Y/c1-5-3-2-4-5;1-3-2;;;;;;;;;;/h2,5H,3-4H2,1H3;2H;;;;;;;;;;/q2*-1;;;;;;;;;;. The van der Waals surface area contributed by atoms with E-state index in [1.165, 1.54) is 12.8 Å².